The maximum atomic E-state index is 12.4. The molecule has 2 aromatic carbocycles. The summed E-state index contributed by atoms with van der Waals surface area (Å²) in [4.78, 5) is 19.9. The Morgan fingerprint density at radius 2 is 1.81 bits per heavy atom. The number of halogens is 1. The van der Waals surface area contributed by atoms with Crippen LogP contribution >= 0.6 is 15.9 Å². The maximum Gasteiger partial charge on any atom is 0.132 e. The largest absolute Gasteiger partial charge is 0.337 e. The summed E-state index contributed by atoms with van der Waals surface area (Å²) in [6.07, 6.45) is 9.04. The lowest BCUT2D eigenvalue weighted by molar-refractivity contribution is -0.117. The first kappa shape index (κ1) is 20.4. The van der Waals surface area contributed by atoms with E-state index in [0.29, 0.717) is 12.3 Å². The van der Waals surface area contributed by atoms with Gasteiger partial charge in [0.1, 0.15) is 5.78 Å². The number of pyridine rings is 1. The van der Waals surface area contributed by atoms with E-state index in [-0.39, 0.29) is 11.8 Å². The standard InChI is InChI=1S/C27H27BrN2O/c1-18(31)15-27-23-16-20-9-5-6-10-24(20)29-25(23)17-26(19-7-3-2-4-8-19)30(27)22-13-11-21(28)12-14-22/h5-6,9-14,16-17,19,27H,2-4,7-8,15H2,1H3. The number of Topliss-reactive ketones (excluding diaryl/α,β-unsaturated/α-hetero) is 1. The van der Waals surface area contributed by atoms with Gasteiger partial charge in [0.05, 0.1) is 17.3 Å². The van der Waals surface area contributed by atoms with Gasteiger partial charge in [0.15, 0.2) is 0 Å². The molecule has 5 rings (SSSR count). The SMILES string of the molecule is CC(=O)CC1c2cc3ccccc3nc2C=C(C2CCCCC2)N1c1ccc(Br)cc1. The molecule has 2 heterocycles. The zero-order chi connectivity index (χ0) is 21.4. The fraction of sp³-hybridized carbons (Fsp3) is 0.333. The molecule has 1 unspecified atom stereocenters. The van der Waals surface area contributed by atoms with Crippen LogP contribution in [-0.2, 0) is 4.79 Å². The number of aromatic nitrogens is 1. The Bertz CT molecular complexity index is 1150. The zero-order valence-corrected chi connectivity index (χ0v) is 19.4. The molecule has 0 radical (unpaired) electrons. The number of rotatable bonds is 4. The van der Waals surface area contributed by atoms with Gasteiger partial charge in [-0.15, -0.1) is 0 Å². The molecule has 4 heteroatoms. The highest BCUT2D eigenvalue weighted by Gasteiger charge is 2.35. The van der Waals surface area contributed by atoms with Crippen molar-refractivity contribution in [1.29, 1.82) is 0 Å². The first-order chi connectivity index (χ1) is 15.1. The van der Waals surface area contributed by atoms with Crippen molar-refractivity contribution in [2.45, 2.75) is 51.5 Å². The van der Waals surface area contributed by atoms with Crippen LogP contribution in [0.2, 0.25) is 0 Å². The van der Waals surface area contributed by atoms with E-state index in [2.05, 4.69) is 75.4 Å². The first-order valence-electron chi connectivity index (χ1n) is 11.3. The number of hydrogen-bond acceptors (Lipinski definition) is 3. The smallest absolute Gasteiger partial charge is 0.132 e. The third-order valence-corrected chi connectivity index (χ3v) is 7.16. The summed E-state index contributed by atoms with van der Waals surface area (Å²) in [6, 6.07) is 19.0. The van der Waals surface area contributed by atoms with Gasteiger partial charge in [0.25, 0.3) is 0 Å². The van der Waals surface area contributed by atoms with E-state index in [1.54, 1.807) is 6.92 Å². The topological polar surface area (TPSA) is 33.2 Å². The third kappa shape index (κ3) is 4.06. The summed E-state index contributed by atoms with van der Waals surface area (Å²) in [6.45, 7) is 1.70. The van der Waals surface area contributed by atoms with Gasteiger partial charge in [-0.3, -0.25) is 4.79 Å². The van der Waals surface area contributed by atoms with Crippen molar-refractivity contribution in [3.8, 4) is 0 Å². The lowest BCUT2D eigenvalue weighted by Gasteiger charge is -2.43. The molecule has 3 nitrogen and oxygen atoms in total. The Kier molecular flexibility index (Phi) is 5.66. The van der Waals surface area contributed by atoms with Crippen molar-refractivity contribution < 1.29 is 4.79 Å². The quantitative estimate of drug-likeness (QED) is 0.393. The number of fused-ring (bicyclic) bond motifs is 2. The molecule has 2 aliphatic rings. The molecule has 0 amide bonds. The van der Waals surface area contributed by atoms with Crippen molar-refractivity contribution in [3.63, 3.8) is 0 Å². The highest BCUT2D eigenvalue weighted by Crippen LogP contribution is 2.45. The molecule has 31 heavy (non-hydrogen) atoms. The number of hydrogen-bond donors (Lipinski definition) is 0. The van der Waals surface area contributed by atoms with Crippen LogP contribution in [0.25, 0.3) is 17.0 Å². The Hall–Kier alpha value is -2.46. The summed E-state index contributed by atoms with van der Waals surface area (Å²) in [7, 11) is 0. The summed E-state index contributed by atoms with van der Waals surface area (Å²) in [5.41, 5.74) is 5.66. The highest BCUT2D eigenvalue weighted by atomic mass is 79.9. The van der Waals surface area contributed by atoms with Gasteiger partial charge < -0.3 is 4.90 Å². The maximum absolute atomic E-state index is 12.4. The van der Waals surface area contributed by atoms with Crippen LogP contribution in [0, 0.1) is 5.92 Å². The van der Waals surface area contributed by atoms with Crippen molar-refractivity contribution in [2.24, 2.45) is 5.92 Å². The summed E-state index contributed by atoms with van der Waals surface area (Å²) >= 11 is 3.57. The Morgan fingerprint density at radius 3 is 2.55 bits per heavy atom. The van der Waals surface area contributed by atoms with Crippen LogP contribution in [0.15, 0.2) is 64.8 Å². The monoisotopic (exact) mass is 474 g/mol. The minimum atomic E-state index is -0.0345. The van der Waals surface area contributed by atoms with E-state index in [1.807, 2.05) is 6.07 Å². The van der Waals surface area contributed by atoms with Crippen LogP contribution in [0.1, 0.15) is 62.7 Å². The number of benzene rings is 2. The molecule has 1 aromatic heterocycles. The van der Waals surface area contributed by atoms with Crippen LogP contribution in [0.4, 0.5) is 5.69 Å². The van der Waals surface area contributed by atoms with Crippen molar-refractivity contribution in [1.82, 2.24) is 4.98 Å². The molecule has 0 spiro atoms. The summed E-state index contributed by atoms with van der Waals surface area (Å²) in [5.74, 6) is 0.712. The number of ketones is 1. The third-order valence-electron chi connectivity index (χ3n) is 6.63. The van der Waals surface area contributed by atoms with E-state index in [4.69, 9.17) is 4.98 Å². The van der Waals surface area contributed by atoms with E-state index in [0.717, 1.165) is 32.3 Å². The number of carbonyl (C=O) groups excluding carboxylic acids is 1. The molecule has 0 N–H and O–H groups in total. The molecular weight excluding hydrogens is 448 g/mol. The van der Waals surface area contributed by atoms with Crippen molar-refractivity contribution in [3.05, 3.63) is 76.0 Å². The Labute approximate surface area is 192 Å². The normalized spacial score (nSPS) is 19.2. The average Bonchev–Trinajstić information content (AvgIpc) is 2.79. The second-order valence-corrected chi connectivity index (χ2v) is 9.74. The zero-order valence-electron chi connectivity index (χ0n) is 17.9. The van der Waals surface area contributed by atoms with E-state index >= 15 is 0 Å². The van der Waals surface area contributed by atoms with Gasteiger partial charge in [-0.25, -0.2) is 4.98 Å². The van der Waals surface area contributed by atoms with E-state index in [1.165, 1.54) is 37.8 Å². The van der Waals surface area contributed by atoms with Crippen LogP contribution < -0.4 is 4.90 Å². The highest BCUT2D eigenvalue weighted by molar-refractivity contribution is 9.10. The summed E-state index contributed by atoms with van der Waals surface area (Å²) < 4.78 is 1.06. The van der Waals surface area contributed by atoms with E-state index < -0.39 is 0 Å². The second-order valence-electron chi connectivity index (χ2n) is 8.83. The molecule has 1 aliphatic carbocycles. The van der Waals surface area contributed by atoms with Crippen LogP contribution in [0.5, 0.6) is 0 Å². The molecule has 3 aromatic rings. The Balaban J connectivity index is 1.72. The number of carbonyl (C=O) groups is 1. The fourth-order valence-electron chi connectivity index (χ4n) is 5.18. The molecule has 1 atom stereocenters. The second kappa shape index (κ2) is 8.58. The summed E-state index contributed by atoms with van der Waals surface area (Å²) in [5, 5.41) is 1.13. The predicted octanol–water partition coefficient (Wildman–Crippen LogP) is 7.46. The minimum absolute atomic E-state index is 0.0345. The molecule has 158 valence electrons. The van der Waals surface area contributed by atoms with Gasteiger partial charge in [-0.2, -0.15) is 0 Å². The van der Waals surface area contributed by atoms with E-state index in [9.17, 15) is 4.79 Å². The molecule has 1 aliphatic heterocycles. The van der Waals surface area contributed by atoms with Gasteiger partial charge in [0, 0.05) is 33.2 Å². The van der Waals surface area contributed by atoms with Crippen LogP contribution in [0.3, 0.4) is 0 Å². The van der Waals surface area contributed by atoms with Gasteiger partial charge in [-0.05, 0) is 68.2 Å². The molecule has 0 bridgehead atoms. The molecular formula is C27H27BrN2O. The van der Waals surface area contributed by atoms with Crippen molar-refractivity contribution in [2.75, 3.05) is 4.90 Å². The fourth-order valence-corrected chi connectivity index (χ4v) is 5.44. The lowest BCUT2D eigenvalue weighted by Crippen LogP contribution is -2.36. The first-order valence-corrected chi connectivity index (χ1v) is 12.0. The average molecular weight is 475 g/mol. The van der Waals surface area contributed by atoms with Crippen LogP contribution in [-0.4, -0.2) is 10.8 Å². The predicted molar refractivity (Wildman–Crippen MR) is 131 cm³/mol. The Morgan fingerprint density at radius 1 is 1.06 bits per heavy atom. The van der Waals surface area contributed by atoms with Gasteiger partial charge in [0.2, 0.25) is 0 Å². The molecule has 1 saturated carbocycles. The number of allylic oxidation sites excluding steroid dienone is 1. The molecule has 1 fully saturated rings. The number of para-hydroxylation sites is 1. The van der Waals surface area contributed by atoms with Gasteiger partial charge in [-0.1, -0.05) is 53.4 Å². The lowest BCUT2D eigenvalue weighted by atomic mass is 9.82. The van der Waals surface area contributed by atoms with Crippen molar-refractivity contribution >= 4 is 44.4 Å². The number of anilines is 1. The number of nitrogens with zero attached hydrogens (tertiary/aromatic N) is 2. The molecule has 0 saturated heterocycles. The minimum Gasteiger partial charge on any atom is -0.337 e. The van der Waals surface area contributed by atoms with Gasteiger partial charge >= 0.3 is 0 Å².